The van der Waals surface area contributed by atoms with Crippen molar-refractivity contribution in [1.29, 1.82) is 0 Å². The van der Waals surface area contributed by atoms with E-state index in [-0.39, 0.29) is 11.2 Å². The smallest absolute Gasteiger partial charge is 0.222 e. The maximum Gasteiger partial charge on any atom is 0.222 e. The summed E-state index contributed by atoms with van der Waals surface area (Å²) < 4.78 is 26.9. The van der Waals surface area contributed by atoms with Gasteiger partial charge in [-0.3, -0.25) is 4.79 Å². The van der Waals surface area contributed by atoms with Gasteiger partial charge in [-0.2, -0.15) is 4.31 Å². The molecule has 1 aliphatic carbocycles. The van der Waals surface area contributed by atoms with E-state index in [0.717, 1.165) is 38.5 Å². The number of hydrogen-bond acceptors (Lipinski definition) is 3. The summed E-state index contributed by atoms with van der Waals surface area (Å²) in [6.45, 7) is 4.04. The summed E-state index contributed by atoms with van der Waals surface area (Å²) >= 11 is 0. The van der Waals surface area contributed by atoms with Gasteiger partial charge in [0, 0.05) is 32.6 Å². The molecule has 26 heavy (non-hydrogen) atoms. The third-order valence-corrected chi connectivity index (χ3v) is 8.13. The van der Waals surface area contributed by atoms with Gasteiger partial charge in [0.2, 0.25) is 15.9 Å². The van der Waals surface area contributed by atoms with Crippen molar-refractivity contribution in [3.05, 3.63) is 35.4 Å². The van der Waals surface area contributed by atoms with Gasteiger partial charge in [-0.25, -0.2) is 8.42 Å². The second-order valence-electron chi connectivity index (χ2n) is 7.40. The average Bonchev–Trinajstić information content (AvgIpc) is 3.22. The molecule has 1 amide bonds. The fraction of sp³-hybridized carbons (Fsp3) is 0.650. The predicted molar refractivity (Wildman–Crippen MR) is 103 cm³/mol. The van der Waals surface area contributed by atoms with Crippen molar-refractivity contribution in [3.63, 3.8) is 0 Å². The topological polar surface area (TPSA) is 57.7 Å². The summed E-state index contributed by atoms with van der Waals surface area (Å²) in [5, 5.41) is -0.198. The zero-order chi connectivity index (χ0) is 18.6. The minimum Gasteiger partial charge on any atom is -0.340 e. The molecule has 144 valence electrons. The SMILES string of the molecule is CCc1ccc(CCC(=O)N2CCN(S(=O)(=O)C3CCCC3)CC2)cc1. The van der Waals surface area contributed by atoms with Crippen molar-refractivity contribution in [2.75, 3.05) is 26.2 Å². The van der Waals surface area contributed by atoms with Crippen molar-refractivity contribution in [2.24, 2.45) is 0 Å². The maximum atomic E-state index is 12.6. The molecule has 0 spiro atoms. The molecule has 1 aliphatic heterocycles. The first kappa shape index (κ1) is 19.4. The molecule has 3 rings (SSSR count). The van der Waals surface area contributed by atoms with Gasteiger partial charge < -0.3 is 4.90 Å². The molecule has 5 nitrogen and oxygen atoms in total. The molecule has 6 heteroatoms. The number of carbonyl (C=O) groups excluding carboxylic acids is 1. The van der Waals surface area contributed by atoms with Crippen LogP contribution >= 0.6 is 0 Å². The van der Waals surface area contributed by atoms with Crippen LogP contribution in [0.1, 0.15) is 50.2 Å². The number of piperazine rings is 1. The minimum absolute atomic E-state index is 0.127. The summed E-state index contributed by atoms with van der Waals surface area (Å²) in [5.74, 6) is 0.127. The van der Waals surface area contributed by atoms with Crippen LogP contribution in [0.25, 0.3) is 0 Å². The molecule has 0 radical (unpaired) electrons. The lowest BCUT2D eigenvalue weighted by atomic mass is 10.1. The Morgan fingerprint density at radius 1 is 1.00 bits per heavy atom. The molecular formula is C20H30N2O3S. The summed E-state index contributed by atoms with van der Waals surface area (Å²) in [5.41, 5.74) is 2.48. The van der Waals surface area contributed by atoms with Gasteiger partial charge in [-0.15, -0.1) is 0 Å². The highest BCUT2D eigenvalue weighted by molar-refractivity contribution is 7.89. The molecule has 0 aromatic heterocycles. The highest BCUT2D eigenvalue weighted by Crippen LogP contribution is 2.27. The monoisotopic (exact) mass is 378 g/mol. The van der Waals surface area contributed by atoms with E-state index in [0.29, 0.717) is 32.6 Å². The van der Waals surface area contributed by atoms with E-state index in [1.54, 1.807) is 4.31 Å². The van der Waals surface area contributed by atoms with Crippen LogP contribution in [0.3, 0.4) is 0 Å². The van der Waals surface area contributed by atoms with E-state index in [1.165, 1.54) is 11.1 Å². The molecule has 2 fully saturated rings. The van der Waals surface area contributed by atoms with Gasteiger partial charge in [-0.1, -0.05) is 44.0 Å². The van der Waals surface area contributed by atoms with Crippen LogP contribution in [0, 0.1) is 0 Å². The number of benzene rings is 1. The van der Waals surface area contributed by atoms with E-state index in [1.807, 2.05) is 4.90 Å². The van der Waals surface area contributed by atoms with Crippen molar-refractivity contribution >= 4 is 15.9 Å². The van der Waals surface area contributed by atoms with Crippen LogP contribution in [0.5, 0.6) is 0 Å². The first-order valence-electron chi connectivity index (χ1n) is 9.85. The fourth-order valence-corrected chi connectivity index (χ4v) is 5.96. The van der Waals surface area contributed by atoms with Gasteiger partial charge in [0.1, 0.15) is 0 Å². The van der Waals surface area contributed by atoms with Gasteiger partial charge >= 0.3 is 0 Å². The number of nitrogens with zero attached hydrogens (tertiary/aromatic N) is 2. The summed E-state index contributed by atoms with van der Waals surface area (Å²) in [4.78, 5) is 14.3. The molecule has 0 unspecified atom stereocenters. The lowest BCUT2D eigenvalue weighted by Crippen LogP contribution is -2.52. The first-order valence-corrected chi connectivity index (χ1v) is 11.4. The molecule has 1 aromatic rings. The quantitative estimate of drug-likeness (QED) is 0.764. The normalized spacial score (nSPS) is 19.8. The Morgan fingerprint density at radius 2 is 1.58 bits per heavy atom. The lowest BCUT2D eigenvalue weighted by Gasteiger charge is -2.35. The molecule has 1 heterocycles. The zero-order valence-electron chi connectivity index (χ0n) is 15.7. The van der Waals surface area contributed by atoms with Crippen molar-refractivity contribution in [2.45, 2.75) is 57.1 Å². The highest BCUT2D eigenvalue weighted by atomic mass is 32.2. The lowest BCUT2D eigenvalue weighted by molar-refractivity contribution is -0.132. The number of carbonyl (C=O) groups is 1. The number of hydrogen-bond donors (Lipinski definition) is 0. The Hall–Kier alpha value is -1.40. The van der Waals surface area contributed by atoms with Crippen molar-refractivity contribution < 1.29 is 13.2 Å². The van der Waals surface area contributed by atoms with Crippen LogP contribution in [0.2, 0.25) is 0 Å². The van der Waals surface area contributed by atoms with Crippen molar-refractivity contribution in [3.8, 4) is 0 Å². The molecule has 0 atom stereocenters. The molecule has 2 aliphatic rings. The van der Waals surface area contributed by atoms with E-state index in [2.05, 4.69) is 31.2 Å². The first-order chi connectivity index (χ1) is 12.5. The Kier molecular flexibility index (Phi) is 6.35. The Labute approximate surface area is 157 Å². The van der Waals surface area contributed by atoms with E-state index in [4.69, 9.17) is 0 Å². The molecule has 1 saturated heterocycles. The van der Waals surface area contributed by atoms with E-state index >= 15 is 0 Å². The highest BCUT2D eigenvalue weighted by Gasteiger charge is 2.36. The fourth-order valence-electron chi connectivity index (χ4n) is 3.94. The van der Waals surface area contributed by atoms with E-state index in [9.17, 15) is 13.2 Å². The Morgan fingerprint density at radius 3 is 2.15 bits per heavy atom. The van der Waals surface area contributed by atoms with Crippen LogP contribution in [-0.4, -0.2) is 55.0 Å². The number of sulfonamides is 1. The van der Waals surface area contributed by atoms with Gasteiger partial charge in [0.15, 0.2) is 0 Å². The van der Waals surface area contributed by atoms with Gasteiger partial charge in [-0.05, 0) is 36.8 Å². The Bertz CT molecular complexity index is 701. The summed E-state index contributed by atoms with van der Waals surface area (Å²) in [6.07, 6.45) is 5.86. The van der Waals surface area contributed by atoms with E-state index < -0.39 is 10.0 Å². The second-order valence-corrected chi connectivity index (χ2v) is 9.61. The molecule has 0 N–H and O–H groups in total. The number of rotatable bonds is 6. The summed E-state index contributed by atoms with van der Waals surface area (Å²) in [6, 6.07) is 8.43. The van der Waals surface area contributed by atoms with Gasteiger partial charge in [0.05, 0.1) is 5.25 Å². The standard InChI is InChI=1S/C20H30N2O3S/c1-2-17-7-9-18(10-8-17)11-12-20(23)21-13-15-22(16-14-21)26(24,25)19-5-3-4-6-19/h7-10,19H,2-6,11-16H2,1H3. The number of amides is 1. The van der Waals surface area contributed by atoms with Crippen molar-refractivity contribution in [1.82, 2.24) is 9.21 Å². The average molecular weight is 379 g/mol. The van der Waals surface area contributed by atoms with Crippen LogP contribution < -0.4 is 0 Å². The zero-order valence-corrected chi connectivity index (χ0v) is 16.5. The van der Waals surface area contributed by atoms with Crippen LogP contribution in [0.15, 0.2) is 24.3 Å². The maximum absolute atomic E-state index is 12.6. The molecular weight excluding hydrogens is 348 g/mol. The minimum atomic E-state index is -3.18. The third-order valence-electron chi connectivity index (χ3n) is 5.73. The second kappa shape index (κ2) is 8.53. The van der Waals surface area contributed by atoms with Crippen LogP contribution in [0.4, 0.5) is 0 Å². The predicted octanol–water partition coefficient (Wildman–Crippen LogP) is 2.60. The largest absolute Gasteiger partial charge is 0.340 e. The third kappa shape index (κ3) is 4.46. The molecule has 1 saturated carbocycles. The summed E-state index contributed by atoms with van der Waals surface area (Å²) in [7, 11) is -3.18. The van der Waals surface area contributed by atoms with Crippen LogP contribution in [-0.2, 0) is 27.7 Å². The molecule has 0 bridgehead atoms. The Balaban J connectivity index is 1.47. The van der Waals surface area contributed by atoms with Gasteiger partial charge in [0.25, 0.3) is 0 Å². The number of aryl methyl sites for hydroxylation is 2. The molecule has 1 aromatic carbocycles.